The number of ether oxygens (including phenoxy) is 1. The maximum Gasteiger partial charge on any atom is 0.416 e. The van der Waals surface area contributed by atoms with E-state index in [1.165, 1.54) is 12.1 Å². The summed E-state index contributed by atoms with van der Waals surface area (Å²) in [7, 11) is 1.99. The van der Waals surface area contributed by atoms with Gasteiger partial charge in [-0.3, -0.25) is 0 Å². The number of aromatic nitrogens is 1. The minimum Gasteiger partial charge on any atom is -0.493 e. The molecule has 1 fully saturated rings. The molecule has 1 saturated heterocycles. The molecule has 0 radical (unpaired) electrons. The first-order chi connectivity index (χ1) is 14.3. The van der Waals surface area contributed by atoms with Crippen molar-refractivity contribution in [2.75, 3.05) is 19.7 Å². The highest BCUT2D eigenvalue weighted by molar-refractivity contribution is 5.81. The molecule has 1 aliphatic rings. The lowest BCUT2D eigenvalue weighted by Gasteiger charge is -2.38. The third-order valence-corrected chi connectivity index (χ3v) is 5.31. The normalized spacial score (nSPS) is 14.6. The first-order valence-electron chi connectivity index (χ1n) is 9.66. The largest absolute Gasteiger partial charge is 0.493 e. The Kier molecular flexibility index (Phi) is 5.32. The van der Waals surface area contributed by atoms with Crippen LogP contribution in [0.3, 0.4) is 0 Å². The molecule has 2 heterocycles. The standard InChI is InChI=1S/C22H22F3N3O2/c1-27-9-8-17-10-15(2-7-20(17)27)11-26-21(29)28-12-16(13-28)14-30-19-5-3-18(4-6-19)22(23,24)25/h2-10,16H,11-14H2,1H3,(H,26,29). The molecule has 0 spiro atoms. The van der Waals surface area contributed by atoms with Gasteiger partial charge in [0.15, 0.2) is 0 Å². The number of benzene rings is 2. The van der Waals surface area contributed by atoms with Crippen LogP contribution in [-0.2, 0) is 19.8 Å². The van der Waals surface area contributed by atoms with Gasteiger partial charge in [0, 0.05) is 44.3 Å². The minimum absolute atomic E-state index is 0.131. The molecule has 30 heavy (non-hydrogen) atoms. The Morgan fingerprint density at radius 2 is 1.87 bits per heavy atom. The fraction of sp³-hybridized carbons (Fsp3) is 0.318. The van der Waals surface area contributed by atoms with Crippen LogP contribution in [-0.4, -0.2) is 35.2 Å². The Labute approximate surface area is 172 Å². The smallest absolute Gasteiger partial charge is 0.416 e. The van der Waals surface area contributed by atoms with Gasteiger partial charge < -0.3 is 19.5 Å². The van der Waals surface area contributed by atoms with Crippen LogP contribution >= 0.6 is 0 Å². The van der Waals surface area contributed by atoms with Crippen LogP contribution in [0.25, 0.3) is 10.9 Å². The molecular formula is C22H22F3N3O2. The maximum absolute atomic E-state index is 12.6. The average Bonchev–Trinajstić information content (AvgIpc) is 3.05. The molecule has 0 bridgehead atoms. The van der Waals surface area contributed by atoms with Crippen molar-refractivity contribution in [2.24, 2.45) is 13.0 Å². The predicted molar refractivity (Wildman–Crippen MR) is 107 cm³/mol. The molecule has 8 heteroatoms. The molecule has 1 aromatic heterocycles. The first kappa shape index (κ1) is 20.1. The van der Waals surface area contributed by atoms with Crippen molar-refractivity contribution in [2.45, 2.75) is 12.7 Å². The maximum atomic E-state index is 12.6. The van der Waals surface area contributed by atoms with E-state index in [4.69, 9.17) is 4.74 Å². The molecule has 2 amide bonds. The Hall–Kier alpha value is -3.16. The van der Waals surface area contributed by atoms with Crippen molar-refractivity contribution in [3.63, 3.8) is 0 Å². The molecule has 0 aliphatic carbocycles. The zero-order valence-corrected chi connectivity index (χ0v) is 16.4. The fourth-order valence-corrected chi connectivity index (χ4v) is 3.53. The lowest BCUT2D eigenvalue weighted by molar-refractivity contribution is -0.137. The number of hydrogen-bond acceptors (Lipinski definition) is 2. The zero-order chi connectivity index (χ0) is 21.3. The number of fused-ring (bicyclic) bond motifs is 1. The number of hydrogen-bond donors (Lipinski definition) is 1. The highest BCUT2D eigenvalue weighted by Gasteiger charge is 2.32. The van der Waals surface area contributed by atoms with E-state index < -0.39 is 11.7 Å². The fourth-order valence-electron chi connectivity index (χ4n) is 3.53. The van der Waals surface area contributed by atoms with E-state index in [0.29, 0.717) is 32.0 Å². The van der Waals surface area contributed by atoms with Crippen LogP contribution in [0.1, 0.15) is 11.1 Å². The molecule has 5 nitrogen and oxygen atoms in total. The summed E-state index contributed by atoms with van der Waals surface area (Å²) in [5.41, 5.74) is 1.47. The number of urea groups is 1. The van der Waals surface area contributed by atoms with Gasteiger partial charge in [-0.2, -0.15) is 13.2 Å². The van der Waals surface area contributed by atoms with Gasteiger partial charge in [0.2, 0.25) is 0 Å². The number of nitrogens with one attached hydrogen (secondary N) is 1. The molecule has 1 aliphatic heterocycles. The van der Waals surface area contributed by atoms with Crippen LogP contribution < -0.4 is 10.1 Å². The molecular weight excluding hydrogens is 395 g/mol. The number of amides is 2. The van der Waals surface area contributed by atoms with Crippen molar-refractivity contribution < 1.29 is 22.7 Å². The van der Waals surface area contributed by atoms with Crippen molar-refractivity contribution in [3.8, 4) is 5.75 Å². The summed E-state index contributed by atoms with van der Waals surface area (Å²) in [4.78, 5) is 14.0. The predicted octanol–water partition coefficient (Wildman–Crippen LogP) is 4.42. The molecule has 4 rings (SSSR count). The third kappa shape index (κ3) is 4.37. The number of nitrogens with zero attached hydrogens (tertiary/aromatic N) is 2. The first-order valence-corrected chi connectivity index (χ1v) is 9.66. The van der Waals surface area contributed by atoms with Crippen LogP contribution in [0.5, 0.6) is 5.75 Å². The van der Waals surface area contributed by atoms with Gasteiger partial charge in [0.05, 0.1) is 12.2 Å². The van der Waals surface area contributed by atoms with Crippen LogP contribution in [0.15, 0.2) is 54.7 Å². The molecule has 158 valence electrons. The molecule has 1 N–H and O–H groups in total. The SMILES string of the molecule is Cn1ccc2cc(CNC(=O)N3CC(COc4ccc(C(F)(F)F)cc4)C3)ccc21. The summed E-state index contributed by atoms with van der Waals surface area (Å²) in [5, 5.41) is 4.05. The second kappa shape index (κ2) is 7.93. The number of alkyl halides is 3. The molecule has 0 unspecified atom stereocenters. The number of aryl methyl sites for hydroxylation is 1. The monoisotopic (exact) mass is 417 g/mol. The Balaban J connectivity index is 1.19. The highest BCUT2D eigenvalue weighted by atomic mass is 19.4. The number of halogens is 3. The summed E-state index contributed by atoms with van der Waals surface area (Å²) in [6.45, 7) is 1.93. The van der Waals surface area contributed by atoms with Gasteiger partial charge in [-0.05, 0) is 53.4 Å². The van der Waals surface area contributed by atoms with Gasteiger partial charge in [-0.15, -0.1) is 0 Å². The third-order valence-electron chi connectivity index (χ3n) is 5.31. The topological polar surface area (TPSA) is 46.5 Å². The summed E-state index contributed by atoms with van der Waals surface area (Å²) in [6.07, 6.45) is -2.35. The lowest BCUT2D eigenvalue weighted by atomic mass is 10.0. The number of carbonyl (C=O) groups excluding carboxylic acids is 1. The van der Waals surface area contributed by atoms with Crippen molar-refractivity contribution in [1.29, 1.82) is 0 Å². The molecule has 0 atom stereocenters. The van der Waals surface area contributed by atoms with E-state index in [2.05, 4.69) is 11.4 Å². The van der Waals surface area contributed by atoms with Gasteiger partial charge in [0.25, 0.3) is 0 Å². The van der Waals surface area contributed by atoms with Gasteiger partial charge in [-0.25, -0.2) is 4.79 Å². The second-order valence-electron chi connectivity index (χ2n) is 7.58. The van der Waals surface area contributed by atoms with E-state index in [1.807, 2.05) is 36.0 Å². The van der Waals surface area contributed by atoms with Gasteiger partial charge in [0.1, 0.15) is 5.75 Å². The number of likely N-dealkylation sites (tertiary alicyclic amines) is 1. The Bertz CT molecular complexity index is 1040. The number of carbonyl (C=O) groups is 1. The quantitative estimate of drug-likeness (QED) is 0.668. The van der Waals surface area contributed by atoms with Crippen LogP contribution in [0.4, 0.5) is 18.0 Å². The summed E-state index contributed by atoms with van der Waals surface area (Å²) < 4.78 is 45.3. The molecule has 0 saturated carbocycles. The zero-order valence-electron chi connectivity index (χ0n) is 16.4. The summed E-state index contributed by atoms with van der Waals surface area (Å²) in [6, 6.07) is 12.6. The van der Waals surface area contributed by atoms with E-state index in [9.17, 15) is 18.0 Å². The molecule has 3 aromatic rings. The van der Waals surface area contributed by atoms with Crippen molar-refractivity contribution in [1.82, 2.24) is 14.8 Å². The second-order valence-corrected chi connectivity index (χ2v) is 7.58. The minimum atomic E-state index is -4.35. The molecule has 2 aromatic carbocycles. The number of rotatable bonds is 5. The van der Waals surface area contributed by atoms with Crippen LogP contribution in [0.2, 0.25) is 0 Å². The highest BCUT2D eigenvalue weighted by Crippen LogP contribution is 2.30. The van der Waals surface area contributed by atoms with E-state index in [-0.39, 0.29) is 11.9 Å². The Morgan fingerprint density at radius 1 is 1.13 bits per heavy atom. The van der Waals surface area contributed by atoms with Gasteiger partial charge >= 0.3 is 12.2 Å². The lowest BCUT2D eigenvalue weighted by Crippen LogP contribution is -2.55. The van der Waals surface area contributed by atoms with Crippen molar-refractivity contribution >= 4 is 16.9 Å². The van der Waals surface area contributed by atoms with Crippen molar-refractivity contribution in [3.05, 3.63) is 65.9 Å². The van der Waals surface area contributed by atoms with E-state index in [1.54, 1.807) is 4.90 Å². The van der Waals surface area contributed by atoms with Gasteiger partial charge in [-0.1, -0.05) is 6.07 Å². The summed E-state index contributed by atoms with van der Waals surface area (Å²) in [5.74, 6) is 0.556. The van der Waals surface area contributed by atoms with E-state index >= 15 is 0 Å². The van der Waals surface area contributed by atoms with E-state index in [0.717, 1.165) is 28.6 Å². The summed E-state index contributed by atoms with van der Waals surface area (Å²) >= 11 is 0. The average molecular weight is 417 g/mol. The Morgan fingerprint density at radius 3 is 2.57 bits per heavy atom. The van der Waals surface area contributed by atoms with Crippen LogP contribution in [0, 0.1) is 5.92 Å².